The van der Waals surface area contributed by atoms with Crippen LogP contribution < -0.4 is 0 Å². The number of nitrogens with zero attached hydrogens (tertiary/aromatic N) is 3. The van der Waals surface area contributed by atoms with Gasteiger partial charge >= 0.3 is 0 Å². The van der Waals surface area contributed by atoms with Crippen molar-refractivity contribution < 1.29 is 0 Å². The van der Waals surface area contributed by atoms with Gasteiger partial charge in [-0.1, -0.05) is 55.0 Å². The van der Waals surface area contributed by atoms with E-state index in [1.165, 1.54) is 0 Å². The second-order valence-electron chi connectivity index (χ2n) is 3.81. The molecule has 96 valence electrons. The predicted molar refractivity (Wildman–Crippen MR) is 79.7 cm³/mol. The molecule has 0 saturated carbocycles. The number of hydrogen-bond acceptors (Lipinski definition) is 4. The first-order valence-corrected chi connectivity index (χ1v) is 8.46. The van der Waals surface area contributed by atoms with E-state index in [0.29, 0.717) is 0 Å². The van der Waals surface area contributed by atoms with Crippen LogP contribution in [0.2, 0.25) is 0 Å². The first kappa shape index (κ1) is 13.5. The van der Waals surface area contributed by atoms with Gasteiger partial charge in [0.25, 0.3) is 0 Å². The molecule has 0 aliphatic carbocycles. The van der Waals surface area contributed by atoms with E-state index in [1.54, 1.807) is 21.6 Å². The Bertz CT molecular complexity index is 482. The third-order valence-corrected chi connectivity index (χ3v) is 4.76. The minimum atomic E-state index is 0.962. The van der Waals surface area contributed by atoms with Crippen molar-refractivity contribution in [1.29, 1.82) is 0 Å². The largest absolute Gasteiger partial charge is 0.301 e. The van der Waals surface area contributed by atoms with Gasteiger partial charge in [-0.15, -0.1) is 10.2 Å². The molecule has 3 nitrogen and oxygen atoms in total. The van der Waals surface area contributed by atoms with Crippen molar-refractivity contribution in [2.24, 2.45) is 0 Å². The molecule has 0 aliphatic rings. The van der Waals surface area contributed by atoms with E-state index in [-0.39, 0.29) is 0 Å². The van der Waals surface area contributed by atoms with E-state index in [0.717, 1.165) is 35.3 Å². The molecule has 1 aromatic heterocycles. The summed E-state index contributed by atoms with van der Waals surface area (Å²) in [6.45, 7) is 5.29. The van der Waals surface area contributed by atoms with Gasteiger partial charge in [-0.25, -0.2) is 0 Å². The van der Waals surface area contributed by atoms with Crippen molar-refractivity contribution >= 4 is 21.6 Å². The minimum Gasteiger partial charge on any atom is -0.301 e. The molecule has 5 heteroatoms. The van der Waals surface area contributed by atoms with E-state index in [4.69, 9.17) is 0 Å². The molecule has 0 atom stereocenters. The average Bonchev–Trinajstić information content (AvgIpc) is 2.81. The zero-order valence-electron chi connectivity index (χ0n) is 10.7. The number of aromatic nitrogens is 3. The standard InChI is InChI=1S/C13H17N3S2/c1-3-10-16-12(11-8-6-5-7-9-11)14-15-13(16)18-17-4-2/h5-9H,3-4,10H2,1-2H3. The fourth-order valence-electron chi connectivity index (χ4n) is 1.69. The Balaban J connectivity index is 2.32. The fraction of sp³-hybridized carbons (Fsp3) is 0.385. The van der Waals surface area contributed by atoms with Crippen molar-refractivity contribution in [3.63, 3.8) is 0 Å². The Hall–Kier alpha value is -0.940. The van der Waals surface area contributed by atoms with Crippen LogP contribution in [0.1, 0.15) is 20.3 Å². The summed E-state index contributed by atoms with van der Waals surface area (Å²) in [7, 11) is 3.51. The molecule has 0 saturated heterocycles. The van der Waals surface area contributed by atoms with Crippen LogP contribution >= 0.6 is 21.6 Å². The lowest BCUT2D eigenvalue weighted by atomic mass is 10.2. The van der Waals surface area contributed by atoms with E-state index < -0.39 is 0 Å². The average molecular weight is 279 g/mol. The highest BCUT2D eigenvalue weighted by Gasteiger charge is 2.13. The van der Waals surface area contributed by atoms with Gasteiger partial charge < -0.3 is 4.57 Å². The normalized spacial score (nSPS) is 10.8. The number of benzene rings is 1. The quantitative estimate of drug-likeness (QED) is 0.744. The molecule has 0 radical (unpaired) electrons. The maximum atomic E-state index is 4.34. The van der Waals surface area contributed by atoms with Gasteiger partial charge in [0, 0.05) is 17.9 Å². The molecule has 1 aromatic carbocycles. The Morgan fingerprint density at radius 1 is 1.11 bits per heavy atom. The van der Waals surface area contributed by atoms with Gasteiger partial charge in [-0.2, -0.15) is 0 Å². The summed E-state index contributed by atoms with van der Waals surface area (Å²) < 4.78 is 2.21. The molecule has 0 unspecified atom stereocenters. The third kappa shape index (κ3) is 3.09. The van der Waals surface area contributed by atoms with Crippen LogP contribution in [0.5, 0.6) is 0 Å². The monoisotopic (exact) mass is 279 g/mol. The van der Waals surface area contributed by atoms with Crippen molar-refractivity contribution in [3.05, 3.63) is 30.3 Å². The van der Waals surface area contributed by atoms with Crippen LogP contribution in [0.15, 0.2) is 35.5 Å². The highest BCUT2D eigenvalue weighted by molar-refractivity contribution is 8.76. The van der Waals surface area contributed by atoms with Gasteiger partial charge in [0.2, 0.25) is 5.16 Å². The van der Waals surface area contributed by atoms with Crippen LogP contribution in [0.25, 0.3) is 11.4 Å². The smallest absolute Gasteiger partial charge is 0.202 e. The molecule has 0 amide bonds. The number of hydrogen-bond donors (Lipinski definition) is 0. The lowest BCUT2D eigenvalue weighted by Crippen LogP contribution is -2.01. The van der Waals surface area contributed by atoms with E-state index in [1.807, 2.05) is 18.2 Å². The van der Waals surface area contributed by atoms with Crippen LogP contribution in [0.3, 0.4) is 0 Å². The highest BCUT2D eigenvalue weighted by Crippen LogP contribution is 2.31. The molecule has 2 aromatic rings. The van der Waals surface area contributed by atoms with E-state index >= 15 is 0 Å². The second kappa shape index (κ2) is 6.85. The van der Waals surface area contributed by atoms with Crippen LogP contribution in [0, 0.1) is 0 Å². The molecular weight excluding hydrogens is 262 g/mol. The molecule has 18 heavy (non-hydrogen) atoms. The fourth-order valence-corrected chi connectivity index (χ4v) is 3.29. The van der Waals surface area contributed by atoms with Gasteiger partial charge in [0.05, 0.1) is 0 Å². The second-order valence-corrected chi connectivity index (χ2v) is 6.37. The summed E-state index contributed by atoms with van der Waals surface area (Å²) in [6.07, 6.45) is 1.09. The topological polar surface area (TPSA) is 30.7 Å². The molecule has 2 rings (SSSR count). The third-order valence-electron chi connectivity index (χ3n) is 2.45. The lowest BCUT2D eigenvalue weighted by molar-refractivity contribution is 0.627. The van der Waals surface area contributed by atoms with Crippen LogP contribution in [0.4, 0.5) is 0 Å². The molecule has 0 bridgehead atoms. The molecular formula is C13H17N3S2. The first-order valence-electron chi connectivity index (χ1n) is 6.15. The summed E-state index contributed by atoms with van der Waals surface area (Å²) in [5.41, 5.74) is 1.13. The maximum absolute atomic E-state index is 4.34. The molecule has 1 heterocycles. The van der Waals surface area contributed by atoms with Gasteiger partial charge in [-0.05, 0) is 17.2 Å². The van der Waals surface area contributed by atoms with Crippen molar-refractivity contribution in [2.75, 3.05) is 5.75 Å². The number of rotatable bonds is 6. The summed E-state index contributed by atoms with van der Waals surface area (Å²) in [5, 5.41) is 9.64. The zero-order valence-corrected chi connectivity index (χ0v) is 12.3. The molecule has 0 spiro atoms. The molecule has 0 aliphatic heterocycles. The van der Waals surface area contributed by atoms with E-state index in [9.17, 15) is 0 Å². The summed E-state index contributed by atoms with van der Waals surface area (Å²) in [4.78, 5) is 0. The Kier molecular flexibility index (Phi) is 5.13. The Labute approximate surface area is 116 Å². The summed E-state index contributed by atoms with van der Waals surface area (Å²) in [5.74, 6) is 2.04. The van der Waals surface area contributed by atoms with Gasteiger partial charge in [0.15, 0.2) is 5.82 Å². The molecule has 0 fully saturated rings. The lowest BCUT2D eigenvalue weighted by Gasteiger charge is -2.07. The summed E-state index contributed by atoms with van der Waals surface area (Å²) in [6, 6.07) is 10.3. The van der Waals surface area contributed by atoms with Crippen molar-refractivity contribution in [1.82, 2.24) is 14.8 Å². The SMILES string of the molecule is CCCn1c(SSCC)nnc1-c1ccccc1. The van der Waals surface area contributed by atoms with E-state index in [2.05, 4.69) is 40.7 Å². The Morgan fingerprint density at radius 2 is 1.89 bits per heavy atom. The van der Waals surface area contributed by atoms with Crippen LogP contribution in [-0.4, -0.2) is 20.5 Å². The van der Waals surface area contributed by atoms with Crippen molar-refractivity contribution in [2.45, 2.75) is 32.0 Å². The Morgan fingerprint density at radius 3 is 2.56 bits per heavy atom. The maximum Gasteiger partial charge on any atom is 0.202 e. The van der Waals surface area contributed by atoms with Crippen LogP contribution in [-0.2, 0) is 6.54 Å². The molecule has 0 N–H and O–H groups in total. The van der Waals surface area contributed by atoms with Gasteiger partial charge in [-0.3, -0.25) is 0 Å². The summed E-state index contributed by atoms with van der Waals surface area (Å²) >= 11 is 0. The van der Waals surface area contributed by atoms with Gasteiger partial charge in [0.1, 0.15) is 0 Å². The van der Waals surface area contributed by atoms with Crippen molar-refractivity contribution in [3.8, 4) is 11.4 Å². The predicted octanol–water partition coefficient (Wildman–Crippen LogP) is 4.12. The highest BCUT2D eigenvalue weighted by atomic mass is 33.1. The first-order chi connectivity index (χ1) is 8.86. The minimum absolute atomic E-state index is 0.962. The zero-order chi connectivity index (χ0) is 12.8.